The van der Waals surface area contributed by atoms with Crippen molar-refractivity contribution in [2.45, 2.75) is 12.8 Å². The van der Waals surface area contributed by atoms with Gasteiger partial charge >= 0.3 is 0 Å². The molecule has 0 aliphatic rings. The van der Waals surface area contributed by atoms with E-state index < -0.39 is 0 Å². The minimum absolute atomic E-state index is 0.763. The second kappa shape index (κ2) is 5.75. The van der Waals surface area contributed by atoms with Crippen LogP contribution in [0.4, 0.5) is 5.69 Å². The van der Waals surface area contributed by atoms with Gasteiger partial charge in [0.15, 0.2) is 10.5 Å². The van der Waals surface area contributed by atoms with Crippen molar-refractivity contribution in [2.75, 3.05) is 11.9 Å². The molecular weight excluding hydrogens is 256 g/mol. The third-order valence-electron chi connectivity index (χ3n) is 2.76. The van der Waals surface area contributed by atoms with Crippen molar-refractivity contribution in [3.05, 3.63) is 47.7 Å². The Kier molecular flexibility index (Phi) is 3.65. The van der Waals surface area contributed by atoms with Crippen LogP contribution in [-0.4, -0.2) is 21.5 Å². The first kappa shape index (κ1) is 12.0. The molecular formula is C14H14N4S. The van der Waals surface area contributed by atoms with Crippen LogP contribution in [-0.2, 0) is 6.42 Å². The second-order valence-electron chi connectivity index (χ2n) is 4.19. The molecule has 3 aromatic rings. The average Bonchev–Trinajstić information content (AvgIpc) is 2.87. The van der Waals surface area contributed by atoms with Crippen molar-refractivity contribution in [3.8, 4) is 0 Å². The largest absolute Gasteiger partial charge is 0.385 e. The predicted octanol–water partition coefficient (Wildman–Crippen LogP) is 3.13. The second-order valence-corrected chi connectivity index (χ2v) is 5.25. The van der Waals surface area contributed by atoms with E-state index in [9.17, 15) is 0 Å². The summed E-state index contributed by atoms with van der Waals surface area (Å²) in [6.07, 6.45) is 5.40. The Labute approximate surface area is 115 Å². The lowest BCUT2D eigenvalue weighted by molar-refractivity contribution is 0.856. The van der Waals surface area contributed by atoms with Crippen LogP contribution in [0.2, 0.25) is 0 Å². The van der Waals surface area contributed by atoms with E-state index in [0.29, 0.717) is 0 Å². The van der Waals surface area contributed by atoms with E-state index in [2.05, 4.69) is 32.4 Å². The van der Waals surface area contributed by atoms with Crippen LogP contribution in [0.25, 0.3) is 10.5 Å². The van der Waals surface area contributed by atoms with Crippen molar-refractivity contribution < 1.29 is 0 Å². The number of nitrogens with zero attached hydrogens (tertiary/aromatic N) is 3. The zero-order valence-corrected chi connectivity index (χ0v) is 11.2. The molecule has 0 aliphatic carbocycles. The molecule has 0 saturated carbocycles. The summed E-state index contributed by atoms with van der Waals surface area (Å²) in [5.74, 6) is 0. The molecule has 3 rings (SSSR count). The minimum atomic E-state index is 0.763. The molecule has 2 heterocycles. The maximum atomic E-state index is 4.47. The highest BCUT2D eigenvalue weighted by Crippen LogP contribution is 2.18. The Balaban J connectivity index is 1.52. The van der Waals surface area contributed by atoms with Gasteiger partial charge in [0.25, 0.3) is 0 Å². The lowest BCUT2D eigenvalue weighted by atomic mass is 10.3. The third kappa shape index (κ3) is 3.06. The van der Waals surface area contributed by atoms with Crippen LogP contribution in [0.3, 0.4) is 0 Å². The van der Waals surface area contributed by atoms with Crippen LogP contribution < -0.4 is 5.32 Å². The average molecular weight is 270 g/mol. The zero-order valence-electron chi connectivity index (χ0n) is 10.4. The molecule has 96 valence electrons. The summed E-state index contributed by atoms with van der Waals surface area (Å²) >= 11 is 1.63. The standard InChI is InChI=1S/C14H14N4S/c1-2-5-11(6-3-1)15-8-4-7-12-18-13-14(19-12)17-10-9-16-13/h1-3,5-6,9-10,15H,4,7-8H2. The Hall–Kier alpha value is -2.01. The number of thiazole rings is 1. The van der Waals surface area contributed by atoms with Crippen molar-refractivity contribution in [2.24, 2.45) is 0 Å². The number of rotatable bonds is 5. The lowest BCUT2D eigenvalue weighted by Crippen LogP contribution is -2.02. The van der Waals surface area contributed by atoms with E-state index in [-0.39, 0.29) is 0 Å². The number of benzene rings is 1. The summed E-state index contributed by atoms with van der Waals surface area (Å²) < 4.78 is 0. The van der Waals surface area contributed by atoms with Gasteiger partial charge in [-0.1, -0.05) is 29.5 Å². The van der Waals surface area contributed by atoms with Crippen LogP contribution in [0.1, 0.15) is 11.4 Å². The topological polar surface area (TPSA) is 50.7 Å². The van der Waals surface area contributed by atoms with E-state index in [1.807, 2.05) is 18.2 Å². The third-order valence-corrected chi connectivity index (χ3v) is 3.77. The summed E-state index contributed by atoms with van der Waals surface area (Å²) in [6, 6.07) is 10.2. The van der Waals surface area contributed by atoms with Crippen LogP contribution in [0.15, 0.2) is 42.7 Å². The first-order valence-electron chi connectivity index (χ1n) is 6.27. The Morgan fingerprint density at radius 2 is 1.89 bits per heavy atom. The number of para-hydroxylation sites is 1. The highest BCUT2D eigenvalue weighted by atomic mass is 32.1. The number of aromatic nitrogens is 3. The first-order valence-corrected chi connectivity index (χ1v) is 7.09. The quantitative estimate of drug-likeness (QED) is 0.724. The molecule has 0 aliphatic heterocycles. The van der Waals surface area contributed by atoms with Gasteiger partial charge in [0.05, 0.1) is 5.01 Å². The van der Waals surface area contributed by atoms with E-state index in [1.165, 1.54) is 0 Å². The molecule has 0 amide bonds. The first-order chi connectivity index (χ1) is 9.42. The zero-order chi connectivity index (χ0) is 12.9. The van der Waals surface area contributed by atoms with E-state index in [1.54, 1.807) is 23.7 Å². The van der Waals surface area contributed by atoms with Crippen molar-refractivity contribution >= 4 is 27.5 Å². The summed E-state index contributed by atoms with van der Waals surface area (Å²) in [5.41, 5.74) is 1.92. The molecule has 0 saturated heterocycles. The molecule has 0 unspecified atom stereocenters. The maximum Gasteiger partial charge on any atom is 0.189 e. The number of hydrogen-bond acceptors (Lipinski definition) is 5. The van der Waals surface area contributed by atoms with Gasteiger partial charge in [-0.3, -0.25) is 0 Å². The molecule has 1 N–H and O–H groups in total. The van der Waals surface area contributed by atoms with Crippen LogP contribution >= 0.6 is 11.3 Å². The normalized spacial score (nSPS) is 10.7. The van der Waals surface area contributed by atoms with Crippen molar-refractivity contribution in [1.29, 1.82) is 0 Å². The van der Waals surface area contributed by atoms with Gasteiger partial charge < -0.3 is 5.32 Å². The summed E-state index contributed by atoms with van der Waals surface area (Å²) in [4.78, 5) is 13.9. The molecule has 1 aromatic carbocycles. The fourth-order valence-electron chi connectivity index (χ4n) is 1.85. The van der Waals surface area contributed by atoms with Gasteiger partial charge in [0, 0.05) is 31.0 Å². The van der Waals surface area contributed by atoms with Gasteiger partial charge in [-0.15, -0.1) is 0 Å². The summed E-state index contributed by atoms with van der Waals surface area (Å²) in [7, 11) is 0. The van der Waals surface area contributed by atoms with E-state index >= 15 is 0 Å². The molecule has 0 bridgehead atoms. The fourth-order valence-corrected chi connectivity index (χ4v) is 2.76. The number of anilines is 1. The summed E-state index contributed by atoms with van der Waals surface area (Å²) in [6.45, 7) is 0.945. The Morgan fingerprint density at radius 3 is 2.74 bits per heavy atom. The molecule has 0 spiro atoms. The molecule has 0 atom stereocenters. The summed E-state index contributed by atoms with van der Waals surface area (Å²) in [5, 5.41) is 4.50. The van der Waals surface area contributed by atoms with Gasteiger partial charge in [-0.2, -0.15) is 0 Å². The number of hydrogen-bond donors (Lipinski definition) is 1. The minimum Gasteiger partial charge on any atom is -0.385 e. The Morgan fingerprint density at radius 1 is 1.05 bits per heavy atom. The van der Waals surface area contributed by atoms with Crippen molar-refractivity contribution in [3.63, 3.8) is 0 Å². The van der Waals surface area contributed by atoms with Gasteiger partial charge in [0.2, 0.25) is 0 Å². The van der Waals surface area contributed by atoms with Gasteiger partial charge in [-0.05, 0) is 18.6 Å². The predicted molar refractivity (Wildman–Crippen MR) is 78.5 cm³/mol. The number of nitrogens with one attached hydrogen (secondary N) is 1. The monoisotopic (exact) mass is 270 g/mol. The molecule has 0 radical (unpaired) electrons. The smallest absolute Gasteiger partial charge is 0.189 e. The number of fused-ring (bicyclic) bond motifs is 1. The highest BCUT2D eigenvalue weighted by Gasteiger charge is 2.04. The molecule has 2 aromatic heterocycles. The molecule has 4 nitrogen and oxygen atoms in total. The Bertz CT molecular complexity index is 618. The fraction of sp³-hybridized carbons (Fsp3) is 0.214. The van der Waals surface area contributed by atoms with E-state index in [4.69, 9.17) is 0 Å². The lowest BCUT2D eigenvalue weighted by Gasteiger charge is -2.04. The van der Waals surface area contributed by atoms with Gasteiger partial charge in [-0.25, -0.2) is 15.0 Å². The number of aryl methyl sites for hydroxylation is 1. The maximum absolute atomic E-state index is 4.47. The van der Waals surface area contributed by atoms with E-state index in [0.717, 1.165) is 40.6 Å². The molecule has 19 heavy (non-hydrogen) atoms. The van der Waals surface area contributed by atoms with Crippen LogP contribution in [0, 0.1) is 0 Å². The van der Waals surface area contributed by atoms with Crippen LogP contribution in [0.5, 0.6) is 0 Å². The molecule has 0 fully saturated rings. The van der Waals surface area contributed by atoms with Gasteiger partial charge in [0.1, 0.15) is 0 Å². The van der Waals surface area contributed by atoms with Crippen molar-refractivity contribution in [1.82, 2.24) is 15.0 Å². The SMILES string of the molecule is c1ccc(NCCCc2nc3nccnc3s2)cc1. The molecule has 5 heteroatoms. The highest BCUT2D eigenvalue weighted by molar-refractivity contribution is 7.18.